The van der Waals surface area contributed by atoms with E-state index in [0.717, 1.165) is 12.1 Å². The van der Waals surface area contributed by atoms with E-state index in [2.05, 4.69) is 10.2 Å². The van der Waals surface area contributed by atoms with Crippen molar-refractivity contribution in [3.63, 3.8) is 0 Å². The molecule has 0 aliphatic carbocycles. The van der Waals surface area contributed by atoms with Crippen LogP contribution in [0.5, 0.6) is 17.2 Å². The standard InChI is InChI=1S/C19H16F2N2O6/c1-25-14-6-10(7-15(26-2)17(14)27-3)18-23-22-16(29-18)9-28-19(24)11-4-12(20)8-13(21)5-11/h4-8H,9H2,1-3H3. The topological polar surface area (TPSA) is 92.9 Å². The summed E-state index contributed by atoms with van der Waals surface area (Å²) in [5, 5.41) is 7.68. The third kappa shape index (κ3) is 4.42. The van der Waals surface area contributed by atoms with E-state index >= 15 is 0 Å². The normalized spacial score (nSPS) is 10.5. The summed E-state index contributed by atoms with van der Waals surface area (Å²) >= 11 is 0. The molecule has 1 heterocycles. The first kappa shape index (κ1) is 20.1. The van der Waals surface area contributed by atoms with Crippen LogP contribution < -0.4 is 14.2 Å². The molecular weight excluding hydrogens is 390 g/mol. The summed E-state index contributed by atoms with van der Waals surface area (Å²) in [7, 11) is 4.41. The van der Waals surface area contributed by atoms with Crippen LogP contribution in [0.1, 0.15) is 16.2 Å². The highest BCUT2D eigenvalue weighted by Gasteiger charge is 2.18. The monoisotopic (exact) mass is 406 g/mol. The van der Waals surface area contributed by atoms with Gasteiger partial charge in [-0.15, -0.1) is 10.2 Å². The Balaban J connectivity index is 1.76. The second-order valence-corrected chi connectivity index (χ2v) is 5.65. The highest BCUT2D eigenvalue weighted by atomic mass is 19.1. The molecular formula is C19H16F2N2O6. The molecule has 0 spiro atoms. The van der Waals surface area contributed by atoms with Crippen molar-refractivity contribution in [2.75, 3.05) is 21.3 Å². The number of carbonyl (C=O) groups is 1. The number of esters is 1. The van der Waals surface area contributed by atoms with Crippen LogP contribution in [0.2, 0.25) is 0 Å². The first-order chi connectivity index (χ1) is 13.9. The van der Waals surface area contributed by atoms with Crippen LogP contribution in [0.15, 0.2) is 34.7 Å². The molecule has 0 unspecified atom stereocenters. The van der Waals surface area contributed by atoms with Crippen LogP contribution in [0.4, 0.5) is 8.78 Å². The summed E-state index contributed by atoms with van der Waals surface area (Å²) in [6, 6.07) is 5.60. The van der Waals surface area contributed by atoms with Gasteiger partial charge in [-0.2, -0.15) is 0 Å². The van der Waals surface area contributed by atoms with Gasteiger partial charge < -0.3 is 23.4 Å². The molecule has 1 aromatic heterocycles. The van der Waals surface area contributed by atoms with Gasteiger partial charge in [-0.3, -0.25) is 0 Å². The maximum atomic E-state index is 13.2. The zero-order valence-corrected chi connectivity index (χ0v) is 15.7. The van der Waals surface area contributed by atoms with Crippen LogP contribution in [0, 0.1) is 11.6 Å². The number of hydrogen-bond donors (Lipinski definition) is 0. The highest BCUT2D eigenvalue weighted by Crippen LogP contribution is 2.40. The minimum absolute atomic E-state index is 0.0148. The van der Waals surface area contributed by atoms with Gasteiger partial charge in [0.25, 0.3) is 5.89 Å². The SMILES string of the molecule is COc1cc(-c2nnc(COC(=O)c3cc(F)cc(F)c3)o2)cc(OC)c1OC. The van der Waals surface area contributed by atoms with E-state index in [1.165, 1.54) is 21.3 Å². The number of methoxy groups -OCH3 is 3. The van der Waals surface area contributed by atoms with Crippen molar-refractivity contribution in [3.8, 4) is 28.7 Å². The zero-order chi connectivity index (χ0) is 21.0. The molecule has 0 atom stereocenters. The number of nitrogens with zero attached hydrogens (tertiary/aromatic N) is 2. The first-order valence-corrected chi connectivity index (χ1v) is 8.21. The lowest BCUT2D eigenvalue weighted by Gasteiger charge is -2.12. The van der Waals surface area contributed by atoms with Crippen molar-refractivity contribution in [3.05, 3.63) is 53.4 Å². The van der Waals surface area contributed by atoms with Crippen molar-refractivity contribution in [2.45, 2.75) is 6.61 Å². The fourth-order valence-corrected chi connectivity index (χ4v) is 2.52. The summed E-state index contributed by atoms with van der Waals surface area (Å²) < 4.78 is 52.6. The molecule has 0 fully saturated rings. The van der Waals surface area contributed by atoms with Gasteiger partial charge >= 0.3 is 5.97 Å². The van der Waals surface area contributed by atoms with Crippen LogP contribution in [0.25, 0.3) is 11.5 Å². The Labute approximate surface area is 164 Å². The Morgan fingerprint density at radius 1 is 0.931 bits per heavy atom. The van der Waals surface area contributed by atoms with Crippen molar-refractivity contribution < 1.29 is 36.9 Å². The molecule has 29 heavy (non-hydrogen) atoms. The Morgan fingerprint density at radius 2 is 1.55 bits per heavy atom. The Hall–Kier alpha value is -3.69. The van der Waals surface area contributed by atoms with Crippen LogP contribution >= 0.6 is 0 Å². The molecule has 3 rings (SSSR count). The number of benzene rings is 2. The molecule has 0 N–H and O–H groups in total. The number of ether oxygens (including phenoxy) is 4. The lowest BCUT2D eigenvalue weighted by Crippen LogP contribution is -2.06. The molecule has 0 bridgehead atoms. The Bertz CT molecular complexity index is 992. The zero-order valence-electron chi connectivity index (χ0n) is 15.7. The molecule has 0 saturated heterocycles. The molecule has 2 aromatic carbocycles. The van der Waals surface area contributed by atoms with Gasteiger partial charge in [0.15, 0.2) is 18.1 Å². The van der Waals surface area contributed by atoms with Crippen molar-refractivity contribution >= 4 is 5.97 Å². The molecule has 0 amide bonds. The van der Waals surface area contributed by atoms with Gasteiger partial charge in [-0.25, -0.2) is 13.6 Å². The third-order valence-corrected chi connectivity index (χ3v) is 3.80. The number of halogens is 2. The average molecular weight is 406 g/mol. The van der Waals surface area contributed by atoms with Gasteiger partial charge in [0.05, 0.1) is 26.9 Å². The van der Waals surface area contributed by atoms with Gasteiger partial charge in [0.2, 0.25) is 11.6 Å². The molecule has 10 heteroatoms. The molecule has 0 saturated carbocycles. The van der Waals surface area contributed by atoms with E-state index in [9.17, 15) is 13.6 Å². The molecule has 8 nitrogen and oxygen atoms in total. The van der Waals surface area contributed by atoms with E-state index in [-0.39, 0.29) is 24.0 Å². The van der Waals surface area contributed by atoms with E-state index < -0.39 is 17.6 Å². The maximum absolute atomic E-state index is 13.2. The predicted molar refractivity (Wildman–Crippen MR) is 94.9 cm³/mol. The third-order valence-electron chi connectivity index (χ3n) is 3.80. The Kier molecular flexibility index (Phi) is 5.91. The lowest BCUT2D eigenvalue weighted by molar-refractivity contribution is 0.0437. The maximum Gasteiger partial charge on any atom is 0.338 e. The van der Waals surface area contributed by atoms with Crippen molar-refractivity contribution in [2.24, 2.45) is 0 Å². The quantitative estimate of drug-likeness (QED) is 0.551. The van der Waals surface area contributed by atoms with Gasteiger partial charge in [-0.05, 0) is 24.3 Å². The number of rotatable bonds is 7. The fraction of sp³-hybridized carbons (Fsp3) is 0.211. The predicted octanol–water partition coefficient (Wildman–Crippen LogP) is 3.40. The molecule has 152 valence electrons. The number of hydrogen-bond acceptors (Lipinski definition) is 8. The second kappa shape index (κ2) is 8.55. The number of carbonyl (C=O) groups excluding carboxylic acids is 1. The van der Waals surface area contributed by atoms with E-state index in [1.54, 1.807) is 12.1 Å². The molecule has 3 aromatic rings. The lowest BCUT2D eigenvalue weighted by atomic mass is 10.2. The van der Waals surface area contributed by atoms with Gasteiger partial charge in [0, 0.05) is 11.6 Å². The van der Waals surface area contributed by atoms with Crippen molar-refractivity contribution in [1.29, 1.82) is 0 Å². The fourth-order valence-electron chi connectivity index (χ4n) is 2.52. The van der Waals surface area contributed by atoms with Crippen LogP contribution in [-0.4, -0.2) is 37.5 Å². The smallest absolute Gasteiger partial charge is 0.338 e. The minimum atomic E-state index is -0.934. The Morgan fingerprint density at radius 3 is 2.10 bits per heavy atom. The second-order valence-electron chi connectivity index (χ2n) is 5.65. The number of aromatic nitrogens is 2. The summed E-state index contributed by atoms with van der Waals surface area (Å²) in [6.45, 7) is -0.381. The van der Waals surface area contributed by atoms with Crippen LogP contribution in [0.3, 0.4) is 0 Å². The van der Waals surface area contributed by atoms with E-state index in [1.807, 2.05) is 0 Å². The largest absolute Gasteiger partial charge is 0.493 e. The molecule has 0 aliphatic rings. The summed E-state index contributed by atoms with van der Waals surface area (Å²) in [5.74, 6) is -1.43. The first-order valence-electron chi connectivity index (χ1n) is 8.21. The summed E-state index contributed by atoms with van der Waals surface area (Å²) in [6.07, 6.45) is 0. The highest BCUT2D eigenvalue weighted by molar-refractivity contribution is 5.89. The molecule has 0 radical (unpaired) electrons. The summed E-state index contributed by atoms with van der Waals surface area (Å²) in [4.78, 5) is 11.9. The summed E-state index contributed by atoms with van der Waals surface area (Å²) in [5.41, 5.74) is 0.212. The minimum Gasteiger partial charge on any atom is -0.493 e. The van der Waals surface area contributed by atoms with Crippen LogP contribution in [-0.2, 0) is 11.3 Å². The average Bonchev–Trinajstić information content (AvgIpc) is 3.19. The van der Waals surface area contributed by atoms with E-state index in [0.29, 0.717) is 28.9 Å². The van der Waals surface area contributed by atoms with E-state index in [4.69, 9.17) is 23.4 Å². The van der Waals surface area contributed by atoms with Crippen molar-refractivity contribution in [1.82, 2.24) is 10.2 Å². The molecule has 0 aliphatic heterocycles. The van der Waals surface area contributed by atoms with Gasteiger partial charge in [0.1, 0.15) is 11.6 Å². The van der Waals surface area contributed by atoms with Gasteiger partial charge in [-0.1, -0.05) is 0 Å².